The van der Waals surface area contributed by atoms with Crippen molar-refractivity contribution in [2.45, 2.75) is 78.3 Å². The number of hydrogen-bond acceptors (Lipinski definition) is 2. The molecule has 0 heterocycles. The molecule has 2 heteroatoms. The van der Waals surface area contributed by atoms with Crippen LogP contribution in [0.3, 0.4) is 0 Å². The maximum absolute atomic E-state index is 5.81. The molecule has 0 radical (unpaired) electrons. The number of nitrogens with two attached hydrogens (primary N) is 1. The zero-order valence-electron chi connectivity index (χ0n) is 13.0. The Kier molecular flexibility index (Phi) is 7.25. The Hall–Kier alpha value is -0.0800. The average molecular weight is 254 g/mol. The van der Waals surface area contributed by atoms with Crippen LogP contribution in [0, 0.1) is 11.8 Å². The van der Waals surface area contributed by atoms with Crippen LogP contribution < -0.4 is 5.73 Å². The Morgan fingerprint density at radius 3 is 2.22 bits per heavy atom. The Balaban J connectivity index is 2.18. The van der Waals surface area contributed by atoms with Gasteiger partial charge < -0.3 is 10.6 Å². The van der Waals surface area contributed by atoms with Gasteiger partial charge in [-0.25, -0.2) is 0 Å². The number of hydrogen-bond donors (Lipinski definition) is 1. The van der Waals surface area contributed by atoms with Crippen LogP contribution in [-0.2, 0) is 0 Å². The van der Waals surface area contributed by atoms with Crippen LogP contribution in [0.5, 0.6) is 0 Å². The van der Waals surface area contributed by atoms with E-state index in [-0.39, 0.29) is 0 Å². The highest BCUT2D eigenvalue weighted by molar-refractivity contribution is 4.85. The van der Waals surface area contributed by atoms with Crippen molar-refractivity contribution in [3.05, 3.63) is 0 Å². The van der Waals surface area contributed by atoms with Gasteiger partial charge in [-0.3, -0.25) is 0 Å². The van der Waals surface area contributed by atoms with E-state index in [1.54, 1.807) is 0 Å². The van der Waals surface area contributed by atoms with Gasteiger partial charge in [-0.1, -0.05) is 27.2 Å². The fraction of sp³-hybridized carbons (Fsp3) is 1.00. The smallest absolute Gasteiger partial charge is 0.00965 e. The molecule has 0 amide bonds. The molecule has 0 spiro atoms. The molecule has 0 bridgehead atoms. The van der Waals surface area contributed by atoms with Gasteiger partial charge in [0.05, 0.1) is 0 Å². The van der Waals surface area contributed by atoms with Crippen LogP contribution in [0.1, 0.15) is 66.2 Å². The Labute approximate surface area is 114 Å². The number of nitrogens with zero attached hydrogens (tertiary/aromatic N) is 1. The van der Waals surface area contributed by atoms with E-state index in [1.165, 1.54) is 51.6 Å². The summed E-state index contributed by atoms with van der Waals surface area (Å²) in [6.45, 7) is 11.8. The number of rotatable bonds is 10. The molecule has 2 nitrogen and oxygen atoms in total. The first-order chi connectivity index (χ1) is 8.49. The van der Waals surface area contributed by atoms with Crippen molar-refractivity contribution < 1.29 is 0 Å². The Morgan fingerprint density at radius 2 is 1.72 bits per heavy atom. The summed E-state index contributed by atoms with van der Waals surface area (Å²) in [5.74, 6) is 1.66. The SMILES string of the molecule is CC(C)CCN(CC(C)CCCC(C)N)C1CC1. The van der Waals surface area contributed by atoms with Crippen LogP contribution in [0.25, 0.3) is 0 Å². The van der Waals surface area contributed by atoms with Crippen molar-refractivity contribution in [1.29, 1.82) is 0 Å². The maximum atomic E-state index is 5.81. The zero-order valence-corrected chi connectivity index (χ0v) is 13.0. The second-order valence-corrected chi connectivity index (χ2v) is 6.92. The highest BCUT2D eigenvalue weighted by Crippen LogP contribution is 2.28. The molecule has 2 N–H and O–H groups in total. The van der Waals surface area contributed by atoms with Gasteiger partial charge in [-0.15, -0.1) is 0 Å². The second-order valence-electron chi connectivity index (χ2n) is 6.92. The molecule has 2 atom stereocenters. The molecular weight excluding hydrogens is 220 g/mol. The highest BCUT2D eigenvalue weighted by atomic mass is 15.2. The van der Waals surface area contributed by atoms with Gasteiger partial charge in [0.15, 0.2) is 0 Å². The summed E-state index contributed by atoms with van der Waals surface area (Å²) < 4.78 is 0. The minimum absolute atomic E-state index is 0.373. The minimum atomic E-state index is 0.373. The van der Waals surface area contributed by atoms with Gasteiger partial charge in [-0.05, 0) is 57.4 Å². The van der Waals surface area contributed by atoms with Gasteiger partial charge in [0.2, 0.25) is 0 Å². The molecule has 0 aromatic heterocycles. The van der Waals surface area contributed by atoms with Crippen molar-refractivity contribution in [2.24, 2.45) is 17.6 Å². The van der Waals surface area contributed by atoms with Crippen molar-refractivity contribution in [3.63, 3.8) is 0 Å². The van der Waals surface area contributed by atoms with Crippen LogP contribution >= 0.6 is 0 Å². The van der Waals surface area contributed by atoms with Crippen LogP contribution in [0.15, 0.2) is 0 Å². The van der Waals surface area contributed by atoms with Crippen LogP contribution in [0.2, 0.25) is 0 Å². The first-order valence-corrected chi connectivity index (χ1v) is 7.98. The van der Waals surface area contributed by atoms with E-state index in [1.807, 2.05) is 0 Å². The Morgan fingerprint density at radius 1 is 1.06 bits per heavy atom. The summed E-state index contributed by atoms with van der Waals surface area (Å²) in [5.41, 5.74) is 5.81. The van der Waals surface area contributed by atoms with E-state index >= 15 is 0 Å². The molecule has 1 aliphatic rings. The summed E-state index contributed by atoms with van der Waals surface area (Å²) in [6, 6.07) is 1.29. The maximum Gasteiger partial charge on any atom is 0.00965 e. The van der Waals surface area contributed by atoms with E-state index < -0.39 is 0 Å². The van der Waals surface area contributed by atoms with Crippen molar-refractivity contribution in [3.8, 4) is 0 Å². The zero-order chi connectivity index (χ0) is 13.5. The highest BCUT2D eigenvalue weighted by Gasteiger charge is 2.29. The average Bonchev–Trinajstić information content (AvgIpc) is 3.07. The lowest BCUT2D eigenvalue weighted by Crippen LogP contribution is -2.32. The van der Waals surface area contributed by atoms with Crippen LogP contribution in [0.4, 0.5) is 0 Å². The molecular formula is C16H34N2. The van der Waals surface area contributed by atoms with E-state index in [9.17, 15) is 0 Å². The molecule has 1 fully saturated rings. The largest absolute Gasteiger partial charge is 0.328 e. The van der Waals surface area contributed by atoms with E-state index in [0.717, 1.165) is 17.9 Å². The van der Waals surface area contributed by atoms with Crippen LogP contribution in [-0.4, -0.2) is 30.1 Å². The normalized spacial score (nSPS) is 19.5. The van der Waals surface area contributed by atoms with Gasteiger partial charge in [0.25, 0.3) is 0 Å². The third-order valence-electron chi connectivity index (χ3n) is 3.96. The molecule has 108 valence electrons. The van der Waals surface area contributed by atoms with Gasteiger partial charge in [0.1, 0.15) is 0 Å². The molecule has 0 saturated heterocycles. The molecule has 1 aliphatic carbocycles. The quantitative estimate of drug-likeness (QED) is 0.645. The lowest BCUT2D eigenvalue weighted by Gasteiger charge is -2.26. The van der Waals surface area contributed by atoms with Gasteiger partial charge in [0, 0.05) is 18.6 Å². The van der Waals surface area contributed by atoms with Gasteiger partial charge in [-0.2, -0.15) is 0 Å². The minimum Gasteiger partial charge on any atom is -0.328 e. The van der Waals surface area contributed by atoms with Gasteiger partial charge >= 0.3 is 0 Å². The van der Waals surface area contributed by atoms with Crippen molar-refractivity contribution in [2.75, 3.05) is 13.1 Å². The lowest BCUT2D eigenvalue weighted by atomic mass is 10.0. The fourth-order valence-corrected chi connectivity index (χ4v) is 2.57. The Bertz CT molecular complexity index is 209. The van der Waals surface area contributed by atoms with E-state index in [4.69, 9.17) is 5.73 Å². The lowest BCUT2D eigenvalue weighted by molar-refractivity contribution is 0.209. The monoisotopic (exact) mass is 254 g/mol. The third kappa shape index (κ3) is 7.38. The molecule has 1 rings (SSSR count). The first-order valence-electron chi connectivity index (χ1n) is 7.98. The fourth-order valence-electron chi connectivity index (χ4n) is 2.57. The summed E-state index contributed by atoms with van der Waals surface area (Å²) in [6.07, 6.45) is 8.03. The van der Waals surface area contributed by atoms with Crippen molar-refractivity contribution in [1.82, 2.24) is 4.90 Å². The molecule has 2 unspecified atom stereocenters. The summed E-state index contributed by atoms with van der Waals surface area (Å²) in [7, 11) is 0. The predicted octanol–water partition coefficient (Wildman–Crippen LogP) is 3.65. The van der Waals surface area contributed by atoms with E-state index in [0.29, 0.717) is 6.04 Å². The summed E-state index contributed by atoms with van der Waals surface area (Å²) >= 11 is 0. The summed E-state index contributed by atoms with van der Waals surface area (Å²) in [4.78, 5) is 2.75. The second kappa shape index (κ2) is 8.16. The molecule has 0 aromatic rings. The van der Waals surface area contributed by atoms with E-state index in [2.05, 4.69) is 32.6 Å². The van der Waals surface area contributed by atoms with Crippen molar-refractivity contribution >= 4 is 0 Å². The molecule has 18 heavy (non-hydrogen) atoms. The first kappa shape index (κ1) is 16.0. The predicted molar refractivity (Wildman–Crippen MR) is 80.7 cm³/mol. The standard InChI is InChI=1S/C16H34N2/c1-13(2)10-11-18(16-8-9-16)12-14(3)6-5-7-15(4)17/h13-16H,5-12,17H2,1-4H3. The molecule has 0 aliphatic heterocycles. The molecule has 1 saturated carbocycles. The molecule has 0 aromatic carbocycles. The summed E-state index contributed by atoms with van der Waals surface area (Å²) in [5, 5.41) is 0. The topological polar surface area (TPSA) is 29.3 Å². The third-order valence-corrected chi connectivity index (χ3v) is 3.96.